The van der Waals surface area contributed by atoms with Crippen LogP contribution in [-0.4, -0.2) is 23.0 Å². The van der Waals surface area contributed by atoms with Gasteiger partial charge in [-0.2, -0.15) is 0 Å². The van der Waals surface area contributed by atoms with E-state index in [0.717, 1.165) is 11.0 Å². The second-order valence-electron chi connectivity index (χ2n) is 3.83. The van der Waals surface area contributed by atoms with Gasteiger partial charge in [0.1, 0.15) is 0 Å². The lowest BCUT2D eigenvalue weighted by Crippen LogP contribution is -2.09. The number of hydrogen-bond donors (Lipinski definition) is 0. The van der Waals surface area contributed by atoms with Gasteiger partial charge in [0.15, 0.2) is 0 Å². The van der Waals surface area contributed by atoms with E-state index in [-0.39, 0.29) is 5.82 Å². The summed E-state index contributed by atoms with van der Waals surface area (Å²) in [5.41, 5.74) is 1.96. The van der Waals surface area contributed by atoms with Crippen molar-refractivity contribution in [3.05, 3.63) is 41.3 Å². The second-order valence-corrected chi connectivity index (χ2v) is 4.27. The molecule has 92 valence electrons. The number of allylic oxidation sites excluding steroid dienone is 1. The lowest BCUT2D eigenvalue weighted by molar-refractivity contribution is 0.0587. The zero-order valence-corrected chi connectivity index (χ0v) is 10.8. The molecule has 0 saturated carbocycles. The Morgan fingerprint density at radius 1 is 1.39 bits per heavy atom. The minimum atomic E-state index is -0.575. The maximum atomic E-state index is 11.5. The van der Waals surface area contributed by atoms with Crippen LogP contribution in [0.4, 0.5) is 0 Å². The molecule has 0 fully saturated rings. The van der Waals surface area contributed by atoms with Crippen LogP contribution in [0.1, 0.15) is 23.2 Å². The Kier molecular flexibility index (Phi) is 3.30. The molecule has 0 N–H and O–H groups in total. The van der Waals surface area contributed by atoms with Crippen molar-refractivity contribution in [3.63, 3.8) is 0 Å². The van der Waals surface area contributed by atoms with Gasteiger partial charge in [0.05, 0.1) is 18.3 Å². The van der Waals surface area contributed by atoms with E-state index in [2.05, 4.69) is 21.3 Å². The molecule has 0 saturated heterocycles. The third kappa shape index (κ3) is 2.19. The Labute approximate surface area is 109 Å². The maximum absolute atomic E-state index is 11.5. The smallest absolute Gasteiger partial charge is 0.376 e. The zero-order valence-electron chi connectivity index (χ0n) is 10.0. The molecule has 18 heavy (non-hydrogen) atoms. The average Bonchev–Trinajstić information content (AvgIpc) is 2.36. The predicted molar refractivity (Wildman–Crippen MR) is 70.6 cm³/mol. The van der Waals surface area contributed by atoms with Gasteiger partial charge in [0.2, 0.25) is 5.82 Å². The van der Waals surface area contributed by atoms with Crippen LogP contribution in [0.5, 0.6) is 0 Å². The van der Waals surface area contributed by atoms with E-state index in [0.29, 0.717) is 16.2 Å². The molecule has 0 radical (unpaired) electrons. The fourth-order valence-electron chi connectivity index (χ4n) is 1.61. The summed E-state index contributed by atoms with van der Waals surface area (Å²) in [4.78, 5) is 19.8. The van der Waals surface area contributed by atoms with Gasteiger partial charge in [-0.3, -0.25) is 0 Å². The van der Waals surface area contributed by atoms with Crippen LogP contribution >= 0.6 is 11.6 Å². The molecular formula is C13H11ClN2O2. The van der Waals surface area contributed by atoms with Crippen molar-refractivity contribution in [2.45, 2.75) is 6.92 Å². The summed E-state index contributed by atoms with van der Waals surface area (Å²) in [6.45, 7) is 5.66. The van der Waals surface area contributed by atoms with Gasteiger partial charge in [-0.25, -0.2) is 14.8 Å². The van der Waals surface area contributed by atoms with Gasteiger partial charge in [-0.05, 0) is 30.7 Å². The number of esters is 1. The first-order chi connectivity index (χ1) is 8.52. The second kappa shape index (κ2) is 4.74. The average molecular weight is 263 g/mol. The molecule has 0 atom stereocenters. The Balaban J connectivity index is 2.78. The van der Waals surface area contributed by atoms with Gasteiger partial charge in [-0.15, -0.1) is 0 Å². The van der Waals surface area contributed by atoms with E-state index >= 15 is 0 Å². The van der Waals surface area contributed by atoms with Crippen LogP contribution in [-0.2, 0) is 4.74 Å². The SMILES string of the molecule is C=C(C)c1nc(C(=O)OC)nc2ccc(Cl)cc12. The summed E-state index contributed by atoms with van der Waals surface area (Å²) in [5.74, 6) is -0.556. The van der Waals surface area contributed by atoms with E-state index in [1.165, 1.54) is 7.11 Å². The summed E-state index contributed by atoms with van der Waals surface area (Å²) >= 11 is 5.95. The third-order valence-electron chi connectivity index (χ3n) is 2.43. The number of ether oxygens (including phenoxy) is 1. The minimum absolute atomic E-state index is 0.0188. The number of fused-ring (bicyclic) bond motifs is 1. The lowest BCUT2D eigenvalue weighted by atomic mass is 10.1. The van der Waals surface area contributed by atoms with Gasteiger partial charge >= 0.3 is 5.97 Å². The van der Waals surface area contributed by atoms with Crippen molar-refractivity contribution in [2.75, 3.05) is 7.11 Å². The van der Waals surface area contributed by atoms with Crippen LogP contribution in [0, 0.1) is 0 Å². The maximum Gasteiger partial charge on any atom is 0.376 e. The number of benzene rings is 1. The van der Waals surface area contributed by atoms with Crippen LogP contribution < -0.4 is 0 Å². The molecule has 0 aliphatic heterocycles. The summed E-state index contributed by atoms with van der Waals surface area (Å²) < 4.78 is 4.62. The fourth-order valence-corrected chi connectivity index (χ4v) is 1.78. The molecule has 0 aliphatic rings. The largest absolute Gasteiger partial charge is 0.463 e. The zero-order chi connectivity index (χ0) is 13.3. The summed E-state index contributed by atoms with van der Waals surface area (Å²) in [7, 11) is 1.29. The number of methoxy groups -OCH3 is 1. The minimum Gasteiger partial charge on any atom is -0.463 e. The number of carbonyl (C=O) groups excluding carboxylic acids is 1. The number of nitrogens with zero attached hydrogens (tertiary/aromatic N) is 2. The summed E-state index contributed by atoms with van der Waals surface area (Å²) in [6.07, 6.45) is 0. The number of carbonyl (C=O) groups is 1. The molecule has 4 nitrogen and oxygen atoms in total. The number of aromatic nitrogens is 2. The molecule has 1 heterocycles. The van der Waals surface area contributed by atoms with Crippen molar-refractivity contribution < 1.29 is 9.53 Å². The monoisotopic (exact) mass is 262 g/mol. The van der Waals surface area contributed by atoms with Crippen LogP contribution in [0.3, 0.4) is 0 Å². The normalized spacial score (nSPS) is 10.4. The van der Waals surface area contributed by atoms with E-state index < -0.39 is 5.97 Å². The first-order valence-electron chi connectivity index (χ1n) is 5.24. The highest BCUT2D eigenvalue weighted by Gasteiger charge is 2.14. The van der Waals surface area contributed by atoms with Crippen LogP contribution in [0.15, 0.2) is 24.8 Å². The fraction of sp³-hybridized carbons (Fsp3) is 0.154. The molecule has 0 amide bonds. The summed E-state index contributed by atoms with van der Waals surface area (Å²) in [5, 5.41) is 1.35. The Hall–Kier alpha value is -1.94. The van der Waals surface area contributed by atoms with E-state index in [1.807, 2.05) is 6.92 Å². The van der Waals surface area contributed by atoms with Gasteiger partial charge in [0, 0.05) is 10.4 Å². The van der Waals surface area contributed by atoms with Gasteiger partial charge < -0.3 is 4.74 Å². The molecule has 0 aliphatic carbocycles. The highest BCUT2D eigenvalue weighted by atomic mass is 35.5. The highest BCUT2D eigenvalue weighted by Crippen LogP contribution is 2.24. The highest BCUT2D eigenvalue weighted by molar-refractivity contribution is 6.31. The third-order valence-corrected chi connectivity index (χ3v) is 2.67. The van der Waals surface area contributed by atoms with Crippen LogP contribution in [0.25, 0.3) is 16.5 Å². The molecular weight excluding hydrogens is 252 g/mol. The topological polar surface area (TPSA) is 52.1 Å². The molecule has 1 aromatic heterocycles. The van der Waals surface area contributed by atoms with Crippen molar-refractivity contribution in [2.24, 2.45) is 0 Å². The van der Waals surface area contributed by atoms with Crippen molar-refractivity contribution >= 4 is 34.0 Å². The number of rotatable bonds is 2. The molecule has 2 rings (SSSR count). The van der Waals surface area contributed by atoms with E-state index in [9.17, 15) is 4.79 Å². The van der Waals surface area contributed by atoms with Crippen molar-refractivity contribution in [1.82, 2.24) is 9.97 Å². The molecule has 1 aromatic carbocycles. The lowest BCUT2D eigenvalue weighted by Gasteiger charge is -2.07. The standard InChI is InChI=1S/C13H11ClN2O2/c1-7(2)11-9-6-8(14)4-5-10(9)15-12(16-11)13(17)18-3/h4-6H,1H2,2-3H3. The summed E-state index contributed by atoms with van der Waals surface area (Å²) in [6, 6.07) is 5.19. The molecule has 0 unspecified atom stereocenters. The van der Waals surface area contributed by atoms with Crippen molar-refractivity contribution in [3.8, 4) is 0 Å². The molecule has 0 spiro atoms. The Bertz CT molecular complexity index is 653. The first kappa shape index (κ1) is 12.5. The molecule has 0 bridgehead atoms. The molecule has 5 heteroatoms. The number of hydrogen-bond acceptors (Lipinski definition) is 4. The van der Waals surface area contributed by atoms with Crippen molar-refractivity contribution in [1.29, 1.82) is 0 Å². The van der Waals surface area contributed by atoms with E-state index in [4.69, 9.17) is 11.6 Å². The van der Waals surface area contributed by atoms with E-state index in [1.54, 1.807) is 18.2 Å². The van der Waals surface area contributed by atoms with Crippen LogP contribution in [0.2, 0.25) is 5.02 Å². The first-order valence-corrected chi connectivity index (χ1v) is 5.62. The predicted octanol–water partition coefficient (Wildman–Crippen LogP) is 3.10. The quantitative estimate of drug-likeness (QED) is 0.781. The number of halogens is 1. The van der Waals surface area contributed by atoms with Gasteiger partial charge in [0.25, 0.3) is 0 Å². The Morgan fingerprint density at radius 3 is 2.72 bits per heavy atom. The van der Waals surface area contributed by atoms with Gasteiger partial charge in [-0.1, -0.05) is 18.2 Å². The Morgan fingerprint density at radius 2 is 2.11 bits per heavy atom. The molecule has 2 aromatic rings.